The summed E-state index contributed by atoms with van der Waals surface area (Å²) in [5.41, 5.74) is 0. The number of aryl methyl sites for hydroxylation is 1. The van der Waals surface area contributed by atoms with Gasteiger partial charge in [-0.3, -0.25) is 4.79 Å². The number of nitrogens with one attached hydrogen (secondary N) is 1. The molecular formula is C8H13BrN4O4S. The minimum atomic E-state index is -4.01. The fourth-order valence-electron chi connectivity index (χ4n) is 1.30. The number of aliphatic carboxylic acids is 1. The lowest BCUT2D eigenvalue weighted by Crippen LogP contribution is -2.44. The van der Waals surface area contributed by atoms with E-state index in [9.17, 15) is 13.2 Å². The van der Waals surface area contributed by atoms with Crippen LogP contribution in [0.15, 0.2) is 9.63 Å². The number of rotatable bonds is 5. The Morgan fingerprint density at radius 3 is 2.39 bits per heavy atom. The molecule has 0 aliphatic rings. The van der Waals surface area contributed by atoms with E-state index in [1.54, 1.807) is 13.8 Å². The fraction of sp³-hybridized carbons (Fsp3) is 0.625. The van der Waals surface area contributed by atoms with Crippen molar-refractivity contribution < 1.29 is 18.3 Å². The molecule has 1 atom stereocenters. The summed E-state index contributed by atoms with van der Waals surface area (Å²) in [6.07, 6.45) is 0. The predicted molar refractivity (Wildman–Crippen MR) is 65.3 cm³/mol. The van der Waals surface area contributed by atoms with Crippen molar-refractivity contribution in [2.75, 3.05) is 0 Å². The minimum Gasteiger partial charge on any atom is -0.480 e. The minimum absolute atomic E-state index is 0.0328. The average molecular weight is 341 g/mol. The van der Waals surface area contributed by atoms with E-state index in [1.165, 1.54) is 7.05 Å². The van der Waals surface area contributed by atoms with Crippen molar-refractivity contribution in [1.29, 1.82) is 0 Å². The van der Waals surface area contributed by atoms with Crippen LogP contribution in [-0.4, -0.2) is 40.5 Å². The molecule has 10 heteroatoms. The van der Waals surface area contributed by atoms with E-state index in [2.05, 4.69) is 31.0 Å². The normalized spacial score (nSPS) is 13.8. The molecule has 1 aromatic heterocycles. The zero-order valence-corrected chi connectivity index (χ0v) is 12.4. The third-order valence-corrected chi connectivity index (χ3v) is 4.53. The van der Waals surface area contributed by atoms with Crippen molar-refractivity contribution in [2.45, 2.75) is 24.9 Å². The van der Waals surface area contributed by atoms with Gasteiger partial charge in [0.1, 0.15) is 6.04 Å². The summed E-state index contributed by atoms with van der Waals surface area (Å²) in [6.45, 7) is 3.22. The highest BCUT2D eigenvalue weighted by molar-refractivity contribution is 9.10. The first-order valence-corrected chi connectivity index (χ1v) is 7.24. The summed E-state index contributed by atoms with van der Waals surface area (Å²) in [4.78, 5) is 11.0. The lowest BCUT2D eigenvalue weighted by Gasteiger charge is -2.17. The molecule has 0 amide bonds. The van der Waals surface area contributed by atoms with Crippen LogP contribution < -0.4 is 4.72 Å². The van der Waals surface area contributed by atoms with Gasteiger partial charge in [0, 0.05) is 7.05 Å². The molecule has 0 aliphatic carbocycles. The molecule has 0 fully saturated rings. The molecule has 0 aliphatic heterocycles. The number of hydrogen-bond acceptors (Lipinski definition) is 5. The van der Waals surface area contributed by atoms with Gasteiger partial charge in [0.05, 0.1) is 0 Å². The summed E-state index contributed by atoms with van der Waals surface area (Å²) >= 11 is 2.96. The van der Waals surface area contributed by atoms with Gasteiger partial charge < -0.3 is 5.11 Å². The molecule has 102 valence electrons. The third kappa shape index (κ3) is 3.06. The van der Waals surface area contributed by atoms with Crippen LogP contribution in [0.25, 0.3) is 0 Å². The predicted octanol–water partition coefficient (Wildman–Crippen LogP) is -0.0349. The highest BCUT2D eigenvalue weighted by Crippen LogP contribution is 2.18. The molecule has 0 unspecified atom stereocenters. The van der Waals surface area contributed by atoms with Gasteiger partial charge in [-0.15, -0.1) is 5.10 Å². The van der Waals surface area contributed by atoms with Crippen LogP contribution in [0.5, 0.6) is 0 Å². The number of carboxylic acids is 1. The fourth-order valence-corrected chi connectivity index (χ4v) is 3.74. The Hall–Kier alpha value is -1.00. The first kappa shape index (κ1) is 15.1. The van der Waals surface area contributed by atoms with E-state index in [4.69, 9.17) is 5.11 Å². The number of hydrogen-bond donors (Lipinski definition) is 2. The molecule has 0 saturated carbocycles. The Morgan fingerprint density at radius 1 is 1.50 bits per heavy atom. The number of carboxylic acid groups (broad SMARTS) is 1. The Morgan fingerprint density at radius 2 is 2.06 bits per heavy atom. The van der Waals surface area contributed by atoms with E-state index in [0.29, 0.717) is 0 Å². The Labute approximate surface area is 113 Å². The molecule has 2 N–H and O–H groups in total. The van der Waals surface area contributed by atoms with Crippen LogP contribution >= 0.6 is 15.9 Å². The molecule has 8 nitrogen and oxygen atoms in total. The summed E-state index contributed by atoms with van der Waals surface area (Å²) < 4.78 is 27.3. The Kier molecular flexibility index (Phi) is 4.46. The number of sulfonamides is 1. The summed E-state index contributed by atoms with van der Waals surface area (Å²) in [5.74, 6) is -1.63. The van der Waals surface area contributed by atoms with Gasteiger partial charge in [-0.2, -0.15) is 4.72 Å². The van der Waals surface area contributed by atoms with Crippen molar-refractivity contribution in [3.8, 4) is 0 Å². The molecule has 0 aromatic carbocycles. The lowest BCUT2D eigenvalue weighted by atomic mass is 10.1. The van der Waals surface area contributed by atoms with E-state index >= 15 is 0 Å². The Balaban J connectivity index is 3.13. The van der Waals surface area contributed by atoms with Crippen LogP contribution in [0, 0.1) is 5.92 Å². The molecule has 0 radical (unpaired) electrons. The quantitative estimate of drug-likeness (QED) is 0.777. The number of carbonyl (C=O) groups is 1. The molecule has 0 saturated heterocycles. The zero-order chi connectivity index (χ0) is 14.1. The molecule has 0 spiro atoms. The standard InChI is InChI=1S/C8H13BrN4O4S/c1-4(2)5(8(14)15)11-18(16,17)7-6(9)10-12-13(7)3/h4-5,11H,1-3H3,(H,14,15)/t5-/m0/s1. The van der Waals surface area contributed by atoms with Gasteiger partial charge in [-0.05, 0) is 21.8 Å². The highest BCUT2D eigenvalue weighted by Gasteiger charge is 2.31. The van der Waals surface area contributed by atoms with Crippen LogP contribution in [0.2, 0.25) is 0 Å². The van der Waals surface area contributed by atoms with E-state index in [0.717, 1.165) is 4.68 Å². The average Bonchev–Trinajstić information content (AvgIpc) is 2.54. The second-order valence-electron chi connectivity index (χ2n) is 3.99. The van der Waals surface area contributed by atoms with Crippen LogP contribution in [0.4, 0.5) is 0 Å². The number of aromatic nitrogens is 3. The van der Waals surface area contributed by atoms with Gasteiger partial charge in [0.15, 0.2) is 4.60 Å². The van der Waals surface area contributed by atoms with Gasteiger partial charge in [0.2, 0.25) is 5.03 Å². The maximum absolute atomic E-state index is 12.0. The monoisotopic (exact) mass is 340 g/mol. The SMILES string of the molecule is CC(C)[C@H](NS(=O)(=O)c1c(Br)nnn1C)C(=O)O. The van der Waals surface area contributed by atoms with Crippen LogP contribution in [-0.2, 0) is 21.9 Å². The maximum atomic E-state index is 12.0. The molecule has 0 bridgehead atoms. The number of nitrogens with zero attached hydrogens (tertiary/aromatic N) is 3. The lowest BCUT2D eigenvalue weighted by molar-refractivity contribution is -0.140. The van der Waals surface area contributed by atoms with E-state index in [-0.39, 0.29) is 9.63 Å². The third-order valence-electron chi connectivity index (χ3n) is 2.21. The summed E-state index contributed by atoms with van der Waals surface area (Å²) in [7, 11) is -2.61. The summed E-state index contributed by atoms with van der Waals surface area (Å²) in [6, 6.07) is -1.21. The van der Waals surface area contributed by atoms with Crippen molar-refractivity contribution in [2.24, 2.45) is 13.0 Å². The van der Waals surface area contributed by atoms with Crippen molar-refractivity contribution in [3.05, 3.63) is 4.60 Å². The smallest absolute Gasteiger partial charge is 0.322 e. The van der Waals surface area contributed by atoms with Crippen molar-refractivity contribution >= 4 is 31.9 Å². The first-order chi connectivity index (χ1) is 8.16. The van der Waals surface area contributed by atoms with Gasteiger partial charge in [-0.1, -0.05) is 19.1 Å². The largest absolute Gasteiger partial charge is 0.480 e. The molecule has 1 heterocycles. The van der Waals surface area contributed by atoms with Crippen LogP contribution in [0.3, 0.4) is 0 Å². The van der Waals surface area contributed by atoms with E-state index < -0.39 is 28.0 Å². The van der Waals surface area contributed by atoms with Crippen LogP contribution in [0.1, 0.15) is 13.8 Å². The van der Waals surface area contributed by atoms with Crippen molar-refractivity contribution in [1.82, 2.24) is 19.7 Å². The Bertz CT molecular complexity index is 534. The summed E-state index contributed by atoms with van der Waals surface area (Å²) in [5, 5.41) is 15.8. The first-order valence-electron chi connectivity index (χ1n) is 4.97. The van der Waals surface area contributed by atoms with Gasteiger partial charge in [-0.25, -0.2) is 13.1 Å². The van der Waals surface area contributed by atoms with Gasteiger partial charge in [0.25, 0.3) is 10.0 Å². The second kappa shape index (κ2) is 5.33. The number of halogens is 1. The van der Waals surface area contributed by atoms with E-state index in [1.807, 2.05) is 0 Å². The zero-order valence-electron chi connectivity index (χ0n) is 9.95. The van der Waals surface area contributed by atoms with Gasteiger partial charge >= 0.3 is 5.97 Å². The highest BCUT2D eigenvalue weighted by atomic mass is 79.9. The molecular weight excluding hydrogens is 328 g/mol. The second-order valence-corrected chi connectivity index (χ2v) is 6.37. The molecule has 1 aromatic rings. The molecule has 18 heavy (non-hydrogen) atoms. The maximum Gasteiger partial charge on any atom is 0.322 e. The topological polar surface area (TPSA) is 114 Å². The van der Waals surface area contributed by atoms with Crippen molar-refractivity contribution in [3.63, 3.8) is 0 Å². The molecule has 1 rings (SSSR count).